The van der Waals surface area contributed by atoms with Crippen LogP contribution in [0.3, 0.4) is 0 Å². The minimum Gasteiger partial charge on any atom is -0.378 e. The Morgan fingerprint density at radius 2 is 1.42 bits per heavy atom. The smallest absolute Gasteiger partial charge is 0.0361 e. The van der Waals surface area contributed by atoms with E-state index in [1.54, 1.807) is 0 Å². The lowest BCUT2D eigenvalue weighted by Crippen LogP contribution is -2.07. The average molecular weight is 376 g/mol. The first kappa shape index (κ1) is 15.2. The van der Waals surface area contributed by atoms with Crippen LogP contribution in [-0.4, -0.2) is 14.1 Å². The van der Waals surface area contributed by atoms with Crippen molar-refractivity contribution in [1.82, 2.24) is 0 Å². The van der Waals surface area contributed by atoms with Gasteiger partial charge in [0.2, 0.25) is 0 Å². The zero-order chi connectivity index (χ0) is 16.7. The van der Waals surface area contributed by atoms with Crippen LogP contribution in [0.5, 0.6) is 0 Å². The number of halogens is 1. The Morgan fingerprint density at radius 1 is 0.750 bits per heavy atom. The molecule has 0 aromatic heterocycles. The van der Waals surface area contributed by atoms with E-state index in [1.165, 1.54) is 39.1 Å². The van der Waals surface area contributed by atoms with E-state index in [9.17, 15) is 0 Å². The topological polar surface area (TPSA) is 3.24 Å². The number of fused-ring (bicyclic) bond motifs is 3. The van der Waals surface area contributed by atoms with Gasteiger partial charge < -0.3 is 4.90 Å². The van der Waals surface area contributed by atoms with Gasteiger partial charge in [0.15, 0.2) is 0 Å². The molecule has 0 saturated heterocycles. The molecule has 0 fully saturated rings. The molecule has 3 aromatic carbocycles. The number of anilines is 1. The standard InChI is InChI=1S/C22H18BrN/c1-24(2)16-12-10-15(11-13-16)14-20-18-7-4-3-6-17(18)19-8-5-9-21(23)22(19)20/h3-14H,1-2H3. The maximum absolute atomic E-state index is 3.74. The van der Waals surface area contributed by atoms with Crippen molar-refractivity contribution in [3.05, 3.63) is 87.9 Å². The highest BCUT2D eigenvalue weighted by Crippen LogP contribution is 2.47. The summed E-state index contributed by atoms with van der Waals surface area (Å²) in [4.78, 5) is 2.12. The van der Waals surface area contributed by atoms with Gasteiger partial charge in [0.25, 0.3) is 0 Å². The van der Waals surface area contributed by atoms with Crippen molar-refractivity contribution >= 4 is 33.3 Å². The van der Waals surface area contributed by atoms with Crippen molar-refractivity contribution in [2.45, 2.75) is 0 Å². The second-order valence-corrected chi connectivity index (χ2v) is 7.11. The second kappa shape index (κ2) is 5.95. The summed E-state index contributed by atoms with van der Waals surface area (Å²) in [6.45, 7) is 0. The Bertz CT molecular complexity index is 936. The molecule has 1 aliphatic carbocycles. The number of benzene rings is 3. The highest BCUT2D eigenvalue weighted by atomic mass is 79.9. The van der Waals surface area contributed by atoms with Gasteiger partial charge in [-0.2, -0.15) is 0 Å². The molecule has 0 atom stereocenters. The molecule has 0 heterocycles. The fourth-order valence-corrected chi connectivity index (χ4v) is 3.87. The lowest BCUT2D eigenvalue weighted by Gasteiger charge is -2.12. The molecule has 0 spiro atoms. The monoisotopic (exact) mass is 375 g/mol. The molecule has 3 aromatic rings. The summed E-state index contributed by atoms with van der Waals surface area (Å²) in [6.07, 6.45) is 2.29. The van der Waals surface area contributed by atoms with E-state index in [4.69, 9.17) is 0 Å². The zero-order valence-electron chi connectivity index (χ0n) is 13.8. The lowest BCUT2D eigenvalue weighted by atomic mass is 10.0. The summed E-state index contributed by atoms with van der Waals surface area (Å²) in [7, 11) is 4.13. The van der Waals surface area contributed by atoms with Gasteiger partial charge in [-0.25, -0.2) is 0 Å². The van der Waals surface area contributed by atoms with Crippen LogP contribution in [0.1, 0.15) is 16.7 Å². The Labute approximate surface area is 151 Å². The number of hydrogen-bond donors (Lipinski definition) is 0. The molecule has 1 nitrogen and oxygen atoms in total. The molecule has 0 amide bonds. The SMILES string of the molecule is CN(C)c1ccc(C=C2c3ccccc3-c3cccc(Br)c32)cc1. The normalized spacial score (nSPS) is 13.7. The van der Waals surface area contributed by atoms with E-state index in [-0.39, 0.29) is 0 Å². The van der Waals surface area contributed by atoms with Crippen molar-refractivity contribution in [2.75, 3.05) is 19.0 Å². The Morgan fingerprint density at radius 3 is 2.12 bits per heavy atom. The molecule has 4 rings (SSSR count). The van der Waals surface area contributed by atoms with E-state index in [2.05, 4.69) is 108 Å². The van der Waals surface area contributed by atoms with Crippen molar-refractivity contribution in [1.29, 1.82) is 0 Å². The Kier molecular flexibility index (Phi) is 3.78. The second-order valence-electron chi connectivity index (χ2n) is 6.25. The third-order valence-corrected chi connectivity index (χ3v) is 5.17. The van der Waals surface area contributed by atoms with Gasteiger partial charge in [0.1, 0.15) is 0 Å². The van der Waals surface area contributed by atoms with Crippen LogP contribution in [-0.2, 0) is 0 Å². The largest absolute Gasteiger partial charge is 0.378 e. The van der Waals surface area contributed by atoms with Crippen molar-refractivity contribution in [2.24, 2.45) is 0 Å². The van der Waals surface area contributed by atoms with Gasteiger partial charge in [-0.05, 0) is 52.1 Å². The van der Waals surface area contributed by atoms with Crippen LogP contribution in [0.4, 0.5) is 5.69 Å². The number of nitrogens with zero attached hydrogens (tertiary/aromatic N) is 1. The Balaban J connectivity index is 1.89. The maximum atomic E-state index is 3.74. The summed E-state index contributed by atoms with van der Waals surface area (Å²) in [5.41, 5.74) is 8.91. The molecule has 0 bridgehead atoms. The van der Waals surface area contributed by atoms with Crippen molar-refractivity contribution in [3.63, 3.8) is 0 Å². The molecule has 1 aliphatic rings. The van der Waals surface area contributed by atoms with E-state index < -0.39 is 0 Å². The van der Waals surface area contributed by atoms with Crippen molar-refractivity contribution in [3.8, 4) is 11.1 Å². The van der Waals surface area contributed by atoms with E-state index in [0.29, 0.717) is 0 Å². The maximum Gasteiger partial charge on any atom is 0.0361 e. The number of hydrogen-bond acceptors (Lipinski definition) is 1. The third-order valence-electron chi connectivity index (χ3n) is 4.51. The third kappa shape index (κ3) is 2.47. The molecular weight excluding hydrogens is 358 g/mol. The summed E-state index contributed by atoms with van der Waals surface area (Å²) in [6, 6.07) is 23.7. The minimum atomic E-state index is 1.15. The Hall–Kier alpha value is -2.32. The lowest BCUT2D eigenvalue weighted by molar-refractivity contribution is 1.13. The van der Waals surface area contributed by atoms with Crippen LogP contribution in [0.25, 0.3) is 22.8 Å². The van der Waals surface area contributed by atoms with Crippen LogP contribution in [0.2, 0.25) is 0 Å². The first-order chi connectivity index (χ1) is 11.6. The quantitative estimate of drug-likeness (QED) is 0.410. The van der Waals surface area contributed by atoms with Crippen LogP contribution in [0, 0.1) is 0 Å². The van der Waals surface area contributed by atoms with Gasteiger partial charge >= 0.3 is 0 Å². The first-order valence-electron chi connectivity index (χ1n) is 8.03. The average Bonchev–Trinajstić information content (AvgIpc) is 2.91. The highest BCUT2D eigenvalue weighted by Gasteiger charge is 2.24. The minimum absolute atomic E-state index is 1.15. The van der Waals surface area contributed by atoms with Gasteiger partial charge in [0.05, 0.1) is 0 Å². The fraction of sp³-hybridized carbons (Fsp3) is 0.0909. The van der Waals surface area contributed by atoms with Gasteiger partial charge in [-0.3, -0.25) is 0 Å². The number of rotatable bonds is 2. The predicted octanol–water partition coefficient (Wildman–Crippen LogP) is 6.08. The van der Waals surface area contributed by atoms with E-state index in [0.717, 1.165) is 4.47 Å². The highest BCUT2D eigenvalue weighted by molar-refractivity contribution is 9.10. The summed E-state index contributed by atoms with van der Waals surface area (Å²) in [5, 5.41) is 0. The molecule has 0 N–H and O–H groups in total. The molecular formula is C22H18BrN. The summed E-state index contributed by atoms with van der Waals surface area (Å²) >= 11 is 3.74. The molecule has 118 valence electrons. The van der Waals surface area contributed by atoms with Gasteiger partial charge in [-0.1, -0.05) is 64.5 Å². The van der Waals surface area contributed by atoms with Crippen LogP contribution < -0.4 is 4.90 Å². The van der Waals surface area contributed by atoms with Crippen LogP contribution in [0.15, 0.2) is 71.2 Å². The predicted molar refractivity (Wildman–Crippen MR) is 107 cm³/mol. The van der Waals surface area contributed by atoms with Crippen molar-refractivity contribution < 1.29 is 0 Å². The molecule has 0 aliphatic heterocycles. The van der Waals surface area contributed by atoms with E-state index in [1.807, 2.05) is 0 Å². The first-order valence-corrected chi connectivity index (χ1v) is 8.82. The van der Waals surface area contributed by atoms with Gasteiger partial charge in [0, 0.05) is 29.8 Å². The molecule has 0 unspecified atom stereocenters. The molecule has 0 radical (unpaired) electrons. The van der Waals surface area contributed by atoms with Crippen LogP contribution >= 0.6 is 15.9 Å². The summed E-state index contributed by atoms with van der Waals surface area (Å²) < 4.78 is 1.15. The van der Waals surface area contributed by atoms with Gasteiger partial charge in [-0.15, -0.1) is 0 Å². The molecule has 2 heteroatoms. The fourth-order valence-electron chi connectivity index (χ4n) is 3.30. The zero-order valence-corrected chi connectivity index (χ0v) is 15.3. The summed E-state index contributed by atoms with van der Waals surface area (Å²) in [5.74, 6) is 0. The molecule has 24 heavy (non-hydrogen) atoms. The van der Waals surface area contributed by atoms with E-state index >= 15 is 0 Å². The molecule has 0 saturated carbocycles.